The van der Waals surface area contributed by atoms with Crippen molar-refractivity contribution in [2.75, 3.05) is 11.1 Å². The van der Waals surface area contributed by atoms with E-state index in [2.05, 4.69) is 26.2 Å². The zero-order valence-corrected chi connectivity index (χ0v) is 11.7. The van der Waals surface area contributed by atoms with E-state index in [4.69, 9.17) is 10.8 Å². The zero-order chi connectivity index (χ0) is 14.0. The molecule has 0 aliphatic carbocycles. The Labute approximate surface area is 118 Å². The van der Waals surface area contributed by atoms with Crippen LogP contribution in [0.15, 0.2) is 34.9 Å². The average Bonchev–Trinajstić information content (AvgIpc) is 2.36. The Morgan fingerprint density at radius 2 is 2.16 bits per heavy atom. The first kappa shape index (κ1) is 13.4. The number of aromatic carboxylic acids is 1. The summed E-state index contributed by atoms with van der Waals surface area (Å²) in [6.07, 6.45) is 1.42. The standard InChI is InChI=1S/C13H12BrN3O2/c1-7-4-9(2-3-11(7)14)17-12-10(13(18)19)5-8(15)6-16-12/h2-6H,15H2,1H3,(H,16,17)(H,18,19). The van der Waals surface area contributed by atoms with Crippen molar-refractivity contribution in [3.63, 3.8) is 0 Å². The van der Waals surface area contributed by atoms with E-state index in [0.717, 1.165) is 15.7 Å². The smallest absolute Gasteiger partial charge is 0.339 e. The van der Waals surface area contributed by atoms with Crippen LogP contribution in [0.4, 0.5) is 17.2 Å². The fourth-order valence-electron chi connectivity index (χ4n) is 1.60. The maximum absolute atomic E-state index is 11.1. The molecule has 0 fully saturated rings. The van der Waals surface area contributed by atoms with Gasteiger partial charge in [0.25, 0.3) is 0 Å². The molecule has 0 radical (unpaired) electrons. The molecule has 0 amide bonds. The predicted molar refractivity (Wildman–Crippen MR) is 77.8 cm³/mol. The second kappa shape index (κ2) is 5.27. The quantitative estimate of drug-likeness (QED) is 0.808. The number of hydrogen-bond acceptors (Lipinski definition) is 4. The molecule has 0 spiro atoms. The van der Waals surface area contributed by atoms with Gasteiger partial charge in [-0.2, -0.15) is 0 Å². The van der Waals surface area contributed by atoms with Crippen molar-refractivity contribution in [2.24, 2.45) is 0 Å². The Bertz CT molecular complexity index is 644. The maximum atomic E-state index is 11.1. The van der Waals surface area contributed by atoms with Gasteiger partial charge in [0.2, 0.25) is 0 Å². The number of rotatable bonds is 3. The van der Waals surface area contributed by atoms with E-state index >= 15 is 0 Å². The molecule has 1 aromatic carbocycles. The summed E-state index contributed by atoms with van der Waals surface area (Å²) in [5.74, 6) is -0.806. The summed E-state index contributed by atoms with van der Waals surface area (Å²) in [6.45, 7) is 1.95. The molecule has 0 bridgehead atoms. The lowest BCUT2D eigenvalue weighted by Gasteiger charge is -2.10. The number of carboxylic acid groups (broad SMARTS) is 1. The summed E-state index contributed by atoms with van der Waals surface area (Å²) < 4.78 is 0.988. The van der Waals surface area contributed by atoms with Crippen molar-refractivity contribution < 1.29 is 9.90 Å². The Kier molecular flexibility index (Phi) is 3.71. The fourth-order valence-corrected chi connectivity index (χ4v) is 1.85. The van der Waals surface area contributed by atoms with Crippen LogP contribution in [0.1, 0.15) is 15.9 Å². The highest BCUT2D eigenvalue weighted by Gasteiger charge is 2.12. The summed E-state index contributed by atoms with van der Waals surface area (Å²) in [5.41, 5.74) is 7.70. The molecule has 6 heteroatoms. The maximum Gasteiger partial charge on any atom is 0.339 e. The number of hydrogen-bond donors (Lipinski definition) is 3. The summed E-state index contributed by atoms with van der Waals surface area (Å²) >= 11 is 3.41. The Balaban J connectivity index is 2.37. The first-order chi connectivity index (χ1) is 8.97. The molecule has 98 valence electrons. The van der Waals surface area contributed by atoms with Crippen molar-refractivity contribution >= 4 is 39.1 Å². The second-order valence-corrected chi connectivity index (χ2v) is 4.91. The normalized spacial score (nSPS) is 10.2. The van der Waals surface area contributed by atoms with E-state index in [0.29, 0.717) is 5.69 Å². The number of benzene rings is 1. The zero-order valence-electron chi connectivity index (χ0n) is 10.1. The van der Waals surface area contributed by atoms with Crippen LogP contribution in [0.3, 0.4) is 0 Å². The lowest BCUT2D eigenvalue weighted by Crippen LogP contribution is -2.06. The molecular weight excluding hydrogens is 310 g/mol. The van der Waals surface area contributed by atoms with Crippen molar-refractivity contribution in [2.45, 2.75) is 6.92 Å². The third kappa shape index (κ3) is 3.03. The molecule has 0 atom stereocenters. The SMILES string of the molecule is Cc1cc(Nc2ncc(N)cc2C(=O)O)ccc1Br. The molecule has 1 heterocycles. The van der Waals surface area contributed by atoms with Gasteiger partial charge in [-0.25, -0.2) is 9.78 Å². The number of nitrogens with zero attached hydrogens (tertiary/aromatic N) is 1. The van der Waals surface area contributed by atoms with Crippen LogP contribution in [0.25, 0.3) is 0 Å². The number of nitrogen functional groups attached to an aromatic ring is 1. The Morgan fingerprint density at radius 3 is 2.79 bits per heavy atom. The molecule has 4 N–H and O–H groups in total. The van der Waals surface area contributed by atoms with Gasteiger partial charge >= 0.3 is 5.97 Å². The number of halogens is 1. The summed E-state index contributed by atoms with van der Waals surface area (Å²) in [6, 6.07) is 6.99. The van der Waals surface area contributed by atoms with Gasteiger partial charge in [-0.05, 0) is 36.8 Å². The lowest BCUT2D eigenvalue weighted by molar-refractivity contribution is 0.0697. The molecule has 5 nitrogen and oxygen atoms in total. The monoisotopic (exact) mass is 321 g/mol. The molecule has 0 aliphatic rings. The van der Waals surface area contributed by atoms with Gasteiger partial charge in [0.1, 0.15) is 11.4 Å². The largest absolute Gasteiger partial charge is 0.478 e. The topological polar surface area (TPSA) is 88.2 Å². The molecule has 2 rings (SSSR count). The summed E-state index contributed by atoms with van der Waals surface area (Å²) in [7, 11) is 0. The first-order valence-corrected chi connectivity index (χ1v) is 6.28. The molecule has 0 saturated carbocycles. The number of nitrogens with two attached hydrogens (primary N) is 1. The van der Waals surface area contributed by atoms with Crippen LogP contribution in [-0.4, -0.2) is 16.1 Å². The van der Waals surface area contributed by atoms with Gasteiger partial charge in [0.15, 0.2) is 0 Å². The Hall–Kier alpha value is -2.08. The minimum absolute atomic E-state index is 0.0422. The molecule has 0 aliphatic heterocycles. The number of pyridine rings is 1. The van der Waals surface area contributed by atoms with Crippen molar-refractivity contribution in [1.29, 1.82) is 0 Å². The molecule has 2 aromatic rings. The highest BCUT2D eigenvalue weighted by molar-refractivity contribution is 9.10. The highest BCUT2D eigenvalue weighted by atomic mass is 79.9. The summed E-state index contributed by atoms with van der Waals surface area (Å²) in [4.78, 5) is 15.2. The number of carboxylic acids is 1. The van der Waals surface area contributed by atoms with Crippen molar-refractivity contribution in [3.05, 3.63) is 46.1 Å². The van der Waals surface area contributed by atoms with Crippen LogP contribution < -0.4 is 11.1 Å². The van der Waals surface area contributed by atoms with Gasteiger partial charge < -0.3 is 16.2 Å². The molecule has 19 heavy (non-hydrogen) atoms. The number of aryl methyl sites for hydroxylation is 1. The molecule has 0 unspecified atom stereocenters. The van der Waals surface area contributed by atoms with E-state index in [9.17, 15) is 4.79 Å². The highest BCUT2D eigenvalue weighted by Crippen LogP contribution is 2.24. The number of nitrogens with one attached hydrogen (secondary N) is 1. The minimum Gasteiger partial charge on any atom is -0.478 e. The third-order valence-electron chi connectivity index (χ3n) is 2.56. The lowest BCUT2D eigenvalue weighted by atomic mass is 10.2. The molecular formula is C13H12BrN3O2. The van der Waals surface area contributed by atoms with E-state index < -0.39 is 5.97 Å². The average molecular weight is 322 g/mol. The summed E-state index contributed by atoms with van der Waals surface area (Å²) in [5, 5.41) is 12.1. The van der Waals surface area contributed by atoms with E-state index in [-0.39, 0.29) is 11.4 Å². The van der Waals surface area contributed by atoms with Crippen molar-refractivity contribution in [1.82, 2.24) is 4.98 Å². The molecule has 1 aromatic heterocycles. The number of carbonyl (C=O) groups is 1. The van der Waals surface area contributed by atoms with E-state index in [1.54, 1.807) is 0 Å². The van der Waals surface area contributed by atoms with E-state index in [1.165, 1.54) is 12.3 Å². The Morgan fingerprint density at radius 1 is 1.42 bits per heavy atom. The third-order valence-corrected chi connectivity index (χ3v) is 3.45. The first-order valence-electron chi connectivity index (χ1n) is 5.49. The van der Waals surface area contributed by atoms with Crippen LogP contribution in [0.2, 0.25) is 0 Å². The van der Waals surface area contributed by atoms with Gasteiger partial charge in [0.05, 0.1) is 11.9 Å². The van der Waals surface area contributed by atoms with Crippen LogP contribution in [0.5, 0.6) is 0 Å². The molecule has 0 saturated heterocycles. The minimum atomic E-state index is -1.07. The second-order valence-electron chi connectivity index (χ2n) is 4.06. The number of aromatic nitrogens is 1. The fraction of sp³-hybridized carbons (Fsp3) is 0.0769. The van der Waals surface area contributed by atoms with Gasteiger partial charge in [-0.3, -0.25) is 0 Å². The van der Waals surface area contributed by atoms with Crippen LogP contribution in [-0.2, 0) is 0 Å². The van der Waals surface area contributed by atoms with Crippen LogP contribution in [0, 0.1) is 6.92 Å². The number of anilines is 3. The van der Waals surface area contributed by atoms with Gasteiger partial charge in [0, 0.05) is 10.2 Å². The van der Waals surface area contributed by atoms with Gasteiger partial charge in [-0.1, -0.05) is 15.9 Å². The van der Waals surface area contributed by atoms with E-state index in [1.807, 2.05) is 25.1 Å². The van der Waals surface area contributed by atoms with Gasteiger partial charge in [-0.15, -0.1) is 0 Å². The van der Waals surface area contributed by atoms with Crippen LogP contribution >= 0.6 is 15.9 Å². The predicted octanol–water partition coefficient (Wildman–Crippen LogP) is 3.18. The van der Waals surface area contributed by atoms with Crippen molar-refractivity contribution in [3.8, 4) is 0 Å².